The number of hydrogen-bond acceptors (Lipinski definition) is 1. The molecule has 2 fully saturated rings. The van der Waals surface area contributed by atoms with Gasteiger partial charge in [0.05, 0.1) is 5.60 Å². The van der Waals surface area contributed by atoms with E-state index in [1.807, 2.05) is 0 Å². The summed E-state index contributed by atoms with van der Waals surface area (Å²) >= 11 is 0. The molecule has 110 valence electrons. The molecule has 2 aliphatic rings. The minimum absolute atomic E-state index is 0.352. The van der Waals surface area contributed by atoms with Gasteiger partial charge in [-0.15, -0.1) is 0 Å². The zero-order chi connectivity index (χ0) is 13.8. The quantitative estimate of drug-likeness (QED) is 0.747. The summed E-state index contributed by atoms with van der Waals surface area (Å²) in [4.78, 5) is 0. The Balaban J connectivity index is 1.62. The van der Waals surface area contributed by atoms with E-state index in [4.69, 9.17) is 0 Å². The van der Waals surface area contributed by atoms with Gasteiger partial charge < -0.3 is 5.11 Å². The van der Waals surface area contributed by atoms with Crippen LogP contribution in [0.3, 0.4) is 0 Å². The second kappa shape index (κ2) is 6.30. The van der Waals surface area contributed by atoms with E-state index < -0.39 is 0 Å². The summed E-state index contributed by atoms with van der Waals surface area (Å²) in [6, 6.07) is 10.9. The van der Waals surface area contributed by atoms with Crippen LogP contribution in [-0.4, -0.2) is 10.7 Å². The molecule has 3 rings (SSSR count). The van der Waals surface area contributed by atoms with Gasteiger partial charge in [0.1, 0.15) is 0 Å². The van der Waals surface area contributed by atoms with Crippen LogP contribution in [0.4, 0.5) is 0 Å². The van der Waals surface area contributed by atoms with Crippen molar-refractivity contribution in [2.45, 2.75) is 75.7 Å². The SMILES string of the molecule is OC1(C2CCCCCC2)CCC(c2ccccc2)CC1. The average molecular weight is 272 g/mol. The maximum absolute atomic E-state index is 11.1. The Hall–Kier alpha value is -0.820. The molecule has 0 radical (unpaired) electrons. The summed E-state index contributed by atoms with van der Waals surface area (Å²) in [5.41, 5.74) is 1.12. The molecule has 0 spiro atoms. The molecule has 2 aliphatic carbocycles. The number of rotatable bonds is 2. The lowest BCUT2D eigenvalue weighted by molar-refractivity contribution is -0.0579. The Kier molecular flexibility index (Phi) is 4.45. The molecular weight excluding hydrogens is 244 g/mol. The van der Waals surface area contributed by atoms with E-state index in [-0.39, 0.29) is 5.60 Å². The molecule has 1 N–H and O–H groups in total. The normalized spacial score (nSPS) is 32.8. The topological polar surface area (TPSA) is 20.2 Å². The molecule has 1 nitrogen and oxygen atoms in total. The first-order valence-electron chi connectivity index (χ1n) is 8.55. The van der Waals surface area contributed by atoms with E-state index in [9.17, 15) is 5.11 Å². The van der Waals surface area contributed by atoms with Gasteiger partial charge in [-0.05, 0) is 55.9 Å². The van der Waals surface area contributed by atoms with Crippen molar-refractivity contribution in [2.24, 2.45) is 5.92 Å². The van der Waals surface area contributed by atoms with Crippen molar-refractivity contribution in [1.29, 1.82) is 0 Å². The van der Waals surface area contributed by atoms with E-state index in [2.05, 4.69) is 30.3 Å². The van der Waals surface area contributed by atoms with E-state index in [0.29, 0.717) is 11.8 Å². The lowest BCUT2D eigenvalue weighted by Crippen LogP contribution is -2.41. The van der Waals surface area contributed by atoms with Crippen LogP contribution >= 0.6 is 0 Å². The third kappa shape index (κ3) is 3.09. The number of hydrogen-bond donors (Lipinski definition) is 1. The van der Waals surface area contributed by atoms with Crippen molar-refractivity contribution in [3.8, 4) is 0 Å². The summed E-state index contributed by atoms with van der Waals surface area (Å²) < 4.78 is 0. The highest BCUT2D eigenvalue weighted by Crippen LogP contribution is 2.45. The van der Waals surface area contributed by atoms with Gasteiger partial charge in [-0.25, -0.2) is 0 Å². The molecule has 1 aromatic rings. The van der Waals surface area contributed by atoms with Crippen LogP contribution in [0.25, 0.3) is 0 Å². The van der Waals surface area contributed by atoms with E-state index >= 15 is 0 Å². The van der Waals surface area contributed by atoms with Crippen molar-refractivity contribution >= 4 is 0 Å². The molecule has 20 heavy (non-hydrogen) atoms. The van der Waals surface area contributed by atoms with Gasteiger partial charge in [0.25, 0.3) is 0 Å². The molecule has 1 aromatic carbocycles. The highest BCUT2D eigenvalue weighted by atomic mass is 16.3. The summed E-state index contributed by atoms with van der Waals surface area (Å²) in [5.74, 6) is 1.24. The molecular formula is C19H28O. The lowest BCUT2D eigenvalue weighted by Gasteiger charge is -2.41. The van der Waals surface area contributed by atoms with Crippen LogP contribution in [0.2, 0.25) is 0 Å². The van der Waals surface area contributed by atoms with Crippen LogP contribution in [0.1, 0.15) is 75.7 Å². The zero-order valence-electron chi connectivity index (χ0n) is 12.6. The zero-order valence-corrected chi connectivity index (χ0v) is 12.6. The minimum Gasteiger partial charge on any atom is -0.390 e. The molecule has 0 unspecified atom stereocenters. The standard InChI is InChI=1S/C19H28O/c20-19(18-10-6-1-2-7-11-18)14-12-17(13-15-19)16-8-4-3-5-9-16/h3-5,8-9,17-18,20H,1-2,6-7,10-15H2. The van der Waals surface area contributed by atoms with Crippen LogP contribution < -0.4 is 0 Å². The molecule has 0 saturated heterocycles. The van der Waals surface area contributed by atoms with E-state index in [0.717, 1.165) is 25.7 Å². The first kappa shape index (κ1) is 14.1. The van der Waals surface area contributed by atoms with Gasteiger partial charge in [0.15, 0.2) is 0 Å². The monoisotopic (exact) mass is 272 g/mol. The summed E-state index contributed by atoms with van der Waals surface area (Å²) in [5, 5.41) is 11.1. The van der Waals surface area contributed by atoms with Gasteiger partial charge in [-0.3, -0.25) is 0 Å². The van der Waals surface area contributed by atoms with E-state index in [1.54, 1.807) is 0 Å². The third-order valence-corrected chi connectivity index (χ3v) is 5.74. The molecule has 0 bridgehead atoms. The van der Waals surface area contributed by atoms with Gasteiger partial charge >= 0.3 is 0 Å². The van der Waals surface area contributed by atoms with Gasteiger partial charge in [0.2, 0.25) is 0 Å². The minimum atomic E-state index is -0.352. The predicted molar refractivity (Wildman–Crippen MR) is 83.8 cm³/mol. The van der Waals surface area contributed by atoms with Crippen LogP contribution in [-0.2, 0) is 0 Å². The second-order valence-electron chi connectivity index (χ2n) is 6.98. The first-order chi connectivity index (χ1) is 9.78. The van der Waals surface area contributed by atoms with Gasteiger partial charge in [0, 0.05) is 0 Å². The summed E-state index contributed by atoms with van der Waals surface area (Å²) in [6.07, 6.45) is 12.3. The smallest absolute Gasteiger partial charge is 0.0676 e. The first-order valence-corrected chi connectivity index (χ1v) is 8.55. The molecule has 2 saturated carbocycles. The maximum Gasteiger partial charge on any atom is 0.0676 e. The predicted octanol–water partition coefficient (Wildman–Crippen LogP) is 5.05. The van der Waals surface area contributed by atoms with Crippen molar-refractivity contribution in [3.63, 3.8) is 0 Å². The molecule has 0 aliphatic heterocycles. The number of benzene rings is 1. The van der Waals surface area contributed by atoms with Gasteiger partial charge in [-0.2, -0.15) is 0 Å². The van der Waals surface area contributed by atoms with Crippen LogP contribution in [0.5, 0.6) is 0 Å². The van der Waals surface area contributed by atoms with E-state index in [1.165, 1.54) is 44.1 Å². The highest BCUT2D eigenvalue weighted by molar-refractivity contribution is 5.20. The Labute approximate surface area is 123 Å². The largest absolute Gasteiger partial charge is 0.390 e. The van der Waals surface area contributed by atoms with Crippen LogP contribution in [0, 0.1) is 5.92 Å². The van der Waals surface area contributed by atoms with Crippen molar-refractivity contribution in [3.05, 3.63) is 35.9 Å². The summed E-state index contributed by atoms with van der Waals surface area (Å²) in [7, 11) is 0. The Bertz CT molecular complexity index is 395. The molecule has 0 amide bonds. The summed E-state index contributed by atoms with van der Waals surface area (Å²) in [6.45, 7) is 0. The Morgan fingerprint density at radius 2 is 1.40 bits per heavy atom. The van der Waals surface area contributed by atoms with Gasteiger partial charge in [-0.1, -0.05) is 56.0 Å². The fraction of sp³-hybridized carbons (Fsp3) is 0.684. The third-order valence-electron chi connectivity index (χ3n) is 5.74. The van der Waals surface area contributed by atoms with Crippen molar-refractivity contribution in [1.82, 2.24) is 0 Å². The number of aliphatic hydroxyl groups is 1. The maximum atomic E-state index is 11.1. The molecule has 0 atom stereocenters. The fourth-order valence-electron chi connectivity index (χ4n) is 4.40. The average Bonchev–Trinajstić information content (AvgIpc) is 2.79. The molecule has 0 heterocycles. The van der Waals surface area contributed by atoms with Crippen molar-refractivity contribution in [2.75, 3.05) is 0 Å². The molecule has 0 aromatic heterocycles. The molecule has 1 heteroatoms. The highest BCUT2D eigenvalue weighted by Gasteiger charge is 2.40. The Morgan fingerprint density at radius 3 is 2.00 bits per heavy atom. The Morgan fingerprint density at radius 1 is 0.800 bits per heavy atom. The second-order valence-corrected chi connectivity index (χ2v) is 6.98. The van der Waals surface area contributed by atoms with Crippen molar-refractivity contribution < 1.29 is 5.11 Å². The lowest BCUT2D eigenvalue weighted by atomic mass is 9.68. The van der Waals surface area contributed by atoms with Crippen LogP contribution in [0.15, 0.2) is 30.3 Å². The fourth-order valence-corrected chi connectivity index (χ4v) is 4.40.